The molecule has 1 aliphatic rings. The molecule has 1 atom stereocenters. The quantitative estimate of drug-likeness (QED) is 0.266. The molecular formula is C22H28N2O7. The number of nitrogens with zero attached hydrogens (tertiary/aromatic N) is 2. The first-order valence-corrected chi connectivity index (χ1v) is 9.86. The number of ether oxygens (including phenoxy) is 3. The number of methoxy groups -OCH3 is 1. The van der Waals surface area contributed by atoms with Crippen LogP contribution in [-0.2, 0) is 23.8 Å². The molecule has 0 radical (unpaired) electrons. The van der Waals surface area contributed by atoms with Gasteiger partial charge in [0.05, 0.1) is 34.7 Å². The molecule has 1 aliphatic heterocycles. The lowest BCUT2D eigenvalue weighted by atomic mass is 9.79. The van der Waals surface area contributed by atoms with Crippen LogP contribution in [0.15, 0.2) is 46.8 Å². The first-order chi connectivity index (χ1) is 14.6. The molecule has 1 heterocycles. The largest absolute Gasteiger partial charge is 0.460 e. The number of nitro groups is 1. The lowest BCUT2D eigenvalue weighted by molar-refractivity contribution is -0.384. The Morgan fingerprint density at radius 3 is 2.29 bits per heavy atom. The lowest BCUT2D eigenvalue weighted by Crippen LogP contribution is -2.34. The van der Waals surface area contributed by atoms with Gasteiger partial charge in [-0.05, 0) is 33.3 Å². The van der Waals surface area contributed by atoms with Gasteiger partial charge in [-0.15, -0.1) is 0 Å². The molecule has 0 fully saturated rings. The highest BCUT2D eigenvalue weighted by atomic mass is 16.6. The number of nitro benzene ring substituents is 1. The average Bonchev–Trinajstić information content (AvgIpc) is 2.71. The number of allylic oxidation sites excluding steroid dienone is 2. The highest BCUT2D eigenvalue weighted by Gasteiger charge is 2.40. The van der Waals surface area contributed by atoms with Crippen LogP contribution in [0.3, 0.4) is 0 Å². The van der Waals surface area contributed by atoms with E-state index in [0.29, 0.717) is 17.0 Å². The van der Waals surface area contributed by atoms with Crippen molar-refractivity contribution >= 4 is 17.6 Å². The Bertz CT molecular complexity index is 934. The van der Waals surface area contributed by atoms with E-state index in [2.05, 4.69) is 0 Å². The first-order valence-electron chi connectivity index (χ1n) is 9.86. The Balaban J connectivity index is 2.68. The summed E-state index contributed by atoms with van der Waals surface area (Å²) < 4.78 is 15.7. The van der Waals surface area contributed by atoms with Crippen LogP contribution in [-0.4, -0.2) is 55.2 Å². The molecule has 0 spiro atoms. The number of hydrogen-bond acceptors (Lipinski definition) is 8. The standard InChI is InChI=1S/C22H28N2O7/c1-13(2)31-22(26)19-15(4)23(5)14(3)18(21(25)30-11-10-29-6)20(19)16-8-7-9-17(12-16)24(27)28/h7-9,12-13,20H,10-11H2,1-6H3. The summed E-state index contributed by atoms with van der Waals surface area (Å²) in [7, 11) is 3.23. The van der Waals surface area contributed by atoms with Crippen LogP contribution in [0.1, 0.15) is 39.2 Å². The number of carbonyl (C=O) groups excluding carboxylic acids is 2. The Kier molecular flexibility index (Phi) is 7.93. The van der Waals surface area contributed by atoms with Crippen LogP contribution in [0.5, 0.6) is 0 Å². The summed E-state index contributed by atoms with van der Waals surface area (Å²) in [5.74, 6) is -2.09. The molecule has 0 bridgehead atoms. The Morgan fingerprint density at radius 1 is 1.13 bits per heavy atom. The van der Waals surface area contributed by atoms with Crippen LogP contribution >= 0.6 is 0 Å². The highest BCUT2D eigenvalue weighted by molar-refractivity contribution is 6.00. The Labute approximate surface area is 181 Å². The van der Waals surface area contributed by atoms with Crippen LogP contribution in [0.2, 0.25) is 0 Å². The third-order valence-corrected chi connectivity index (χ3v) is 5.08. The maximum Gasteiger partial charge on any atom is 0.337 e. The second kappa shape index (κ2) is 10.2. The van der Waals surface area contributed by atoms with E-state index in [0.717, 1.165) is 0 Å². The van der Waals surface area contributed by atoms with Gasteiger partial charge in [0.15, 0.2) is 0 Å². The maximum atomic E-state index is 13.1. The fraction of sp³-hybridized carbons (Fsp3) is 0.455. The summed E-state index contributed by atoms with van der Waals surface area (Å²) in [5.41, 5.74) is 1.91. The van der Waals surface area contributed by atoms with Crippen molar-refractivity contribution in [2.75, 3.05) is 27.4 Å². The predicted octanol–water partition coefficient (Wildman–Crippen LogP) is 3.31. The molecule has 168 valence electrons. The van der Waals surface area contributed by atoms with Gasteiger partial charge >= 0.3 is 11.9 Å². The van der Waals surface area contributed by atoms with Crippen molar-refractivity contribution in [1.29, 1.82) is 0 Å². The Morgan fingerprint density at radius 2 is 1.74 bits per heavy atom. The molecule has 1 unspecified atom stereocenters. The normalized spacial score (nSPS) is 16.6. The number of rotatable bonds is 8. The molecule has 31 heavy (non-hydrogen) atoms. The minimum Gasteiger partial charge on any atom is -0.460 e. The predicted molar refractivity (Wildman–Crippen MR) is 113 cm³/mol. The van der Waals surface area contributed by atoms with Gasteiger partial charge in [-0.3, -0.25) is 10.1 Å². The van der Waals surface area contributed by atoms with Crippen molar-refractivity contribution in [3.63, 3.8) is 0 Å². The molecule has 0 saturated heterocycles. The van der Waals surface area contributed by atoms with Crippen molar-refractivity contribution < 1.29 is 28.7 Å². The van der Waals surface area contributed by atoms with E-state index < -0.39 is 22.8 Å². The maximum absolute atomic E-state index is 13.1. The summed E-state index contributed by atoms with van der Waals surface area (Å²) in [6, 6.07) is 5.89. The van der Waals surface area contributed by atoms with Gasteiger partial charge in [0, 0.05) is 37.7 Å². The number of hydrogen-bond donors (Lipinski definition) is 0. The van der Waals surface area contributed by atoms with Gasteiger partial charge in [0.2, 0.25) is 0 Å². The zero-order valence-electron chi connectivity index (χ0n) is 18.6. The first kappa shape index (κ1) is 24.1. The summed E-state index contributed by atoms with van der Waals surface area (Å²) in [6.07, 6.45) is -0.382. The zero-order chi connectivity index (χ0) is 23.3. The zero-order valence-corrected chi connectivity index (χ0v) is 18.6. The summed E-state index contributed by atoms with van der Waals surface area (Å²) in [4.78, 5) is 38.7. The molecule has 0 aliphatic carbocycles. The van der Waals surface area contributed by atoms with Crippen LogP contribution in [0, 0.1) is 10.1 Å². The van der Waals surface area contributed by atoms with E-state index in [1.807, 2.05) is 0 Å². The summed E-state index contributed by atoms with van der Waals surface area (Å²) in [5, 5.41) is 11.3. The fourth-order valence-electron chi connectivity index (χ4n) is 3.43. The molecule has 9 heteroatoms. The van der Waals surface area contributed by atoms with Crippen molar-refractivity contribution in [3.8, 4) is 0 Å². The molecule has 0 saturated carbocycles. The molecule has 0 N–H and O–H groups in total. The second-order valence-corrected chi connectivity index (χ2v) is 7.43. The van der Waals surface area contributed by atoms with E-state index in [4.69, 9.17) is 14.2 Å². The number of esters is 2. The van der Waals surface area contributed by atoms with Gasteiger partial charge in [0.25, 0.3) is 5.69 Å². The van der Waals surface area contributed by atoms with Gasteiger partial charge in [-0.2, -0.15) is 0 Å². The fourth-order valence-corrected chi connectivity index (χ4v) is 3.43. The average molecular weight is 432 g/mol. The van der Waals surface area contributed by atoms with Crippen LogP contribution in [0.25, 0.3) is 0 Å². The van der Waals surface area contributed by atoms with E-state index in [1.165, 1.54) is 25.3 Å². The number of benzene rings is 1. The third-order valence-electron chi connectivity index (χ3n) is 5.08. The van der Waals surface area contributed by atoms with Crippen molar-refractivity contribution in [3.05, 3.63) is 62.5 Å². The van der Waals surface area contributed by atoms with Crippen molar-refractivity contribution in [2.45, 2.75) is 39.7 Å². The van der Waals surface area contributed by atoms with Crippen LogP contribution in [0.4, 0.5) is 5.69 Å². The lowest BCUT2D eigenvalue weighted by Gasteiger charge is -2.36. The summed E-state index contributed by atoms with van der Waals surface area (Å²) in [6.45, 7) is 7.19. The van der Waals surface area contributed by atoms with E-state index >= 15 is 0 Å². The number of non-ortho nitro benzene ring substituents is 1. The monoisotopic (exact) mass is 432 g/mol. The second-order valence-electron chi connectivity index (χ2n) is 7.43. The summed E-state index contributed by atoms with van der Waals surface area (Å²) >= 11 is 0. The molecule has 0 aromatic heterocycles. The van der Waals surface area contributed by atoms with Gasteiger partial charge in [-0.25, -0.2) is 9.59 Å². The van der Waals surface area contributed by atoms with Gasteiger partial charge < -0.3 is 19.1 Å². The van der Waals surface area contributed by atoms with Crippen molar-refractivity contribution in [2.24, 2.45) is 0 Å². The number of carbonyl (C=O) groups is 2. The molecule has 1 aromatic rings. The Hall–Kier alpha value is -3.20. The van der Waals surface area contributed by atoms with Crippen LogP contribution < -0.4 is 0 Å². The molecule has 0 amide bonds. The minimum absolute atomic E-state index is 0.0337. The van der Waals surface area contributed by atoms with Gasteiger partial charge in [0.1, 0.15) is 6.61 Å². The molecule has 2 rings (SSSR count). The minimum atomic E-state index is -0.877. The molecule has 9 nitrogen and oxygen atoms in total. The SMILES string of the molecule is COCCOC(=O)C1=C(C)N(C)C(C)=C(C(=O)OC(C)C)C1c1cccc([N+](=O)[O-])c1. The third kappa shape index (κ3) is 5.29. The van der Waals surface area contributed by atoms with E-state index in [9.17, 15) is 19.7 Å². The van der Waals surface area contributed by atoms with Crippen molar-refractivity contribution in [1.82, 2.24) is 4.90 Å². The smallest absolute Gasteiger partial charge is 0.337 e. The topological polar surface area (TPSA) is 108 Å². The molecule has 1 aromatic carbocycles. The van der Waals surface area contributed by atoms with E-state index in [-0.39, 0.29) is 36.2 Å². The van der Waals surface area contributed by atoms with E-state index in [1.54, 1.807) is 45.7 Å². The van der Waals surface area contributed by atoms with Gasteiger partial charge in [-0.1, -0.05) is 12.1 Å². The highest BCUT2D eigenvalue weighted by Crippen LogP contribution is 2.43. The molecular weight excluding hydrogens is 404 g/mol.